The van der Waals surface area contributed by atoms with Gasteiger partial charge in [0, 0.05) is 9.58 Å². The molecule has 21 heavy (non-hydrogen) atoms. The fourth-order valence-corrected chi connectivity index (χ4v) is 3.68. The Morgan fingerprint density at radius 3 is 2.67 bits per heavy atom. The Bertz CT molecular complexity index is 720. The summed E-state index contributed by atoms with van der Waals surface area (Å²) in [5.74, 6) is -0.173. The van der Waals surface area contributed by atoms with Crippen LogP contribution < -0.4 is 5.32 Å². The highest BCUT2D eigenvalue weighted by molar-refractivity contribution is 7.19. The van der Waals surface area contributed by atoms with Crippen molar-refractivity contribution >= 4 is 21.4 Å². The zero-order chi connectivity index (χ0) is 14.7. The van der Waals surface area contributed by atoms with Crippen LogP contribution in [0.5, 0.6) is 0 Å². The van der Waals surface area contributed by atoms with Gasteiger partial charge in [0.25, 0.3) is 0 Å². The van der Waals surface area contributed by atoms with Crippen molar-refractivity contribution in [1.82, 2.24) is 5.32 Å². The maximum absolute atomic E-state index is 13.4. The van der Waals surface area contributed by atoms with Crippen LogP contribution in [0.3, 0.4) is 0 Å². The van der Waals surface area contributed by atoms with Gasteiger partial charge in [0.2, 0.25) is 0 Å². The fraction of sp³-hybridized carbons (Fsp3) is 0.222. The minimum atomic E-state index is -0.173. The van der Waals surface area contributed by atoms with Gasteiger partial charge in [0.1, 0.15) is 5.82 Å². The van der Waals surface area contributed by atoms with Gasteiger partial charge >= 0.3 is 0 Å². The van der Waals surface area contributed by atoms with Crippen molar-refractivity contribution < 1.29 is 4.39 Å². The molecule has 1 unspecified atom stereocenters. The van der Waals surface area contributed by atoms with E-state index in [1.165, 1.54) is 16.5 Å². The molecule has 0 aliphatic heterocycles. The molecule has 0 amide bonds. The van der Waals surface area contributed by atoms with Crippen molar-refractivity contribution in [3.63, 3.8) is 0 Å². The van der Waals surface area contributed by atoms with E-state index in [-0.39, 0.29) is 11.9 Å². The van der Waals surface area contributed by atoms with Gasteiger partial charge in [-0.2, -0.15) is 0 Å². The van der Waals surface area contributed by atoms with E-state index < -0.39 is 0 Å². The topological polar surface area (TPSA) is 12.0 Å². The van der Waals surface area contributed by atoms with Crippen LogP contribution in [0.1, 0.15) is 29.8 Å². The second kappa shape index (κ2) is 6.37. The molecule has 0 fully saturated rings. The molecule has 108 valence electrons. The third kappa shape index (κ3) is 3.14. The summed E-state index contributed by atoms with van der Waals surface area (Å²) in [6.45, 7) is 3.12. The first-order valence-electron chi connectivity index (χ1n) is 7.25. The van der Waals surface area contributed by atoms with Crippen LogP contribution in [0.4, 0.5) is 4.39 Å². The van der Waals surface area contributed by atoms with Gasteiger partial charge in [-0.15, -0.1) is 11.3 Å². The summed E-state index contributed by atoms with van der Waals surface area (Å²) < 4.78 is 14.4. The van der Waals surface area contributed by atoms with Crippen LogP contribution in [0.15, 0.2) is 54.6 Å². The number of hydrogen-bond acceptors (Lipinski definition) is 2. The van der Waals surface area contributed by atoms with E-state index in [9.17, 15) is 4.39 Å². The average molecular weight is 299 g/mol. The largest absolute Gasteiger partial charge is 0.306 e. The zero-order valence-corrected chi connectivity index (χ0v) is 12.8. The number of halogens is 1. The summed E-state index contributed by atoms with van der Waals surface area (Å²) in [6, 6.07) is 17.8. The molecule has 1 heterocycles. The smallest absolute Gasteiger partial charge is 0.124 e. The molecular formula is C18H18FNS. The van der Waals surface area contributed by atoms with Gasteiger partial charge in [0.15, 0.2) is 0 Å². The summed E-state index contributed by atoms with van der Waals surface area (Å²) in [5, 5.41) is 4.70. The minimum absolute atomic E-state index is 0.173. The van der Waals surface area contributed by atoms with Crippen molar-refractivity contribution in [2.24, 2.45) is 0 Å². The van der Waals surface area contributed by atoms with Gasteiger partial charge in [-0.3, -0.25) is 0 Å². The SMILES string of the molecule is CCCNC(c1ccccc1)c1cc2ccc(F)cc2s1. The van der Waals surface area contributed by atoms with E-state index in [1.54, 1.807) is 17.4 Å². The predicted octanol–water partition coefficient (Wildman–Crippen LogP) is 5.13. The highest BCUT2D eigenvalue weighted by atomic mass is 32.1. The predicted molar refractivity (Wildman–Crippen MR) is 88.4 cm³/mol. The maximum Gasteiger partial charge on any atom is 0.124 e. The number of benzene rings is 2. The molecule has 1 aromatic heterocycles. The quantitative estimate of drug-likeness (QED) is 0.688. The first-order valence-corrected chi connectivity index (χ1v) is 8.07. The van der Waals surface area contributed by atoms with Gasteiger partial charge in [0.05, 0.1) is 6.04 Å². The molecule has 1 atom stereocenters. The highest BCUT2D eigenvalue weighted by Crippen LogP contribution is 2.33. The van der Waals surface area contributed by atoms with E-state index in [1.807, 2.05) is 12.1 Å². The molecule has 0 bridgehead atoms. The number of fused-ring (bicyclic) bond motifs is 1. The lowest BCUT2D eigenvalue weighted by Crippen LogP contribution is -2.22. The average Bonchev–Trinajstić information content (AvgIpc) is 2.91. The summed E-state index contributed by atoms with van der Waals surface area (Å²) in [4.78, 5) is 1.23. The van der Waals surface area contributed by atoms with Gasteiger partial charge in [-0.05, 0) is 42.1 Å². The number of rotatable bonds is 5. The molecular weight excluding hydrogens is 281 g/mol. The Balaban J connectivity index is 2.01. The molecule has 1 nitrogen and oxygen atoms in total. The van der Waals surface area contributed by atoms with Crippen molar-refractivity contribution in [1.29, 1.82) is 0 Å². The van der Waals surface area contributed by atoms with E-state index in [0.717, 1.165) is 23.1 Å². The number of hydrogen-bond donors (Lipinski definition) is 1. The Kier molecular flexibility index (Phi) is 4.32. The first-order chi connectivity index (χ1) is 10.3. The number of thiophene rings is 1. The number of nitrogens with one attached hydrogen (secondary N) is 1. The Morgan fingerprint density at radius 1 is 1.10 bits per heavy atom. The van der Waals surface area contributed by atoms with Gasteiger partial charge < -0.3 is 5.32 Å². The summed E-state index contributed by atoms with van der Waals surface area (Å²) >= 11 is 1.66. The fourth-order valence-electron chi connectivity index (χ4n) is 2.48. The molecule has 0 aliphatic carbocycles. The molecule has 0 radical (unpaired) electrons. The Hall–Kier alpha value is -1.71. The summed E-state index contributed by atoms with van der Waals surface area (Å²) in [7, 11) is 0. The monoisotopic (exact) mass is 299 g/mol. The van der Waals surface area contributed by atoms with Crippen LogP contribution >= 0.6 is 11.3 Å². The lowest BCUT2D eigenvalue weighted by molar-refractivity contribution is 0.606. The van der Waals surface area contributed by atoms with Gasteiger partial charge in [-0.25, -0.2) is 4.39 Å². The van der Waals surface area contributed by atoms with Crippen LogP contribution in [0, 0.1) is 5.82 Å². The summed E-state index contributed by atoms with van der Waals surface area (Å²) in [6.07, 6.45) is 1.09. The minimum Gasteiger partial charge on any atom is -0.306 e. The van der Waals surface area contributed by atoms with Crippen molar-refractivity contribution in [3.8, 4) is 0 Å². The lowest BCUT2D eigenvalue weighted by Gasteiger charge is -2.17. The maximum atomic E-state index is 13.4. The van der Waals surface area contributed by atoms with E-state index in [2.05, 4.69) is 42.6 Å². The van der Waals surface area contributed by atoms with E-state index in [0.29, 0.717) is 0 Å². The second-order valence-electron chi connectivity index (χ2n) is 5.13. The molecule has 0 saturated carbocycles. The van der Waals surface area contributed by atoms with Crippen LogP contribution in [-0.4, -0.2) is 6.54 Å². The molecule has 3 rings (SSSR count). The Labute approximate surface area is 128 Å². The lowest BCUT2D eigenvalue weighted by atomic mass is 10.0. The van der Waals surface area contributed by atoms with Crippen LogP contribution in [-0.2, 0) is 0 Å². The van der Waals surface area contributed by atoms with Crippen molar-refractivity contribution in [2.45, 2.75) is 19.4 Å². The molecule has 0 spiro atoms. The second-order valence-corrected chi connectivity index (χ2v) is 6.24. The van der Waals surface area contributed by atoms with Crippen LogP contribution in [0.2, 0.25) is 0 Å². The zero-order valence-electron chi connectivity index (χ0n) is 12.0. The standard InChI is InChI=1S/C18H18FNS/c1-2-10-20-18(13-6-4-3-5-7-13)17-11-14-8-9-15(19)12-16(14)21-17/h3-9,11-12,18,20H,2,10H2,1H3. The molecule has 1 N–H and O–H groups in total. The highest BCUT2D eigenvalue weighted by Gasteiger charge is 2.16. The van der Waals surface area contributed by atoms with Crippen LogP contribution in [0.25, 0.3) is 10.1 Å². The van der Waals surface area contributed by atoms with Crippen molar-refractivity contribution in [3.05, 3.63) is 70.9 Å². The molecule has 0 saturated heterocycles. The molecule has 3 aromatic rings. The third-order valence-electron chi connectivity index (χ3n) is 3.52. The third-order valence-corrected chi connectivity index (χ3v) is 4.68. The van der Waals surface area contributed by atoms with Gasteiger partial charge in [-0.1, -0.05) is 43.3 Å². The van der Waals surface area contributed by atoms with Crippen molar-refractivity contribution in [2.75, 3.05) is 6.54 Å². The molecule has 0 aliphatic rings. The van der Waals surface area contributed by atoms with E-state index >= 15 is 0 Å². The molecule has 2 aromatic carbocycles. The Morgan fingerprint density at radius 2 is 1.90 bits per heavy atom. The first kappa shape index (κ1) is 14.2. The molecule has 3 heteroatoms. The normalized spacial score (nSPS) is 12.7. The summed E-state index contributed by atoms with van der Waals surface area (Å²) in [5.41, 5.74) is 1.25. The van der Waals surface area contributed by atoms with E-state index in [4.69, 9.17) is 0 Å².